The van der Waals surface area contributed by atoms with Crippen molar-refractivity contribution in [1.82, 2.24) is 14.7 Å². The molecule has 1 aromatic heterocycles. The second kappa shape index (κ2) is 4.78. The van der Waals surface area contributed by atoms with Crippen LogP contribution in [0.3, 0.4) is 0 Å². The van der Waals surface area contributed by atoms with E-state index in [1.165, 1.54) is 12.8 Å². The predicted molar refractivity (Wildman–Crippen MR) is 62.3 cm³/mol. The van der Waals surface area contributed by atoms with E-state index < -0.39 is 0 Å². The van der Waals surface area contributed by atoms with Crippen LogP contribution < -0.4 is 0 Å². The summed E-state index contributed by atoms with van der Waals surface area (Å²) in [6, 6.07) is 0. The largest absolute Gasteiger partial charge is 0.298 e. The summed E-state index contributed by atoms with van der Waals surface area (Å²) in [7, 11) is 1.86. The average molecular weight is 221 g/mol. The second-order valence-electron chi connectivity index (χ2n) is 4.78. The molecule has 0 atom stereocenters. The van der Waals surface area contributed by atoms with Gasteiger partial charge in [0.05, 0.1) is 11.3 Å². The van der Waals surface area contributed by atoms with Crippen molar-refractivity contribution in [2.45, 2.75) is 26.3 Å². The van der Waals surface area contributed by atoms with E-state index in [-0.39, 0.29) is 0 Å². The van der Waals surface area contributed by atoms with Gasteiger partial charge >= 0.3 is 0 Å². The van der Waals surface area contributed by atoms with Gasteiger partial charge in [-0.2, -0.15) is 5.10 Å². The Bertz CT molecular complexity index is 364. The standard InChI is InChI=1S/C12H19N3O/c1-10-3-5-15(6-4-10)8-12-11(9-16)7-14(2)13-12/h7,9-10H,3-6,8H2,1-2H3. The van der Waals surface area contributed by atoms with Crippen molar-refractivity contribution in [2.24, 2.45) is 13.0 Å². The van der Waals surface area contributed by atoms with Crippen LogP contribution in [0.1, 0.15) is 35.8 Å². The number of likely N-dealkylation sites (tertiary alicyclic amines) is 1. The number of piperidine rings is 1. The van der Waals surface area contributed by atoms with Crippen LogP contribution in [-0.4, -0.2) is 34.1 Å². The van der Waals surface area contributed by atoms with Gasteiger partial charge in [-0.25, -0.2) is 0 Å². The maximum absolute atomic E-state index is 10.9. The van der Waals surface area contributed by atoms with Crippen LogP contribution in [0, 0.1) is 5.92 Å². The normalized spacial score (nSPS) is 18.9. The summed E-state index contributed by atoms with van der Waals surface area (Å²) in [4.78, 5) is 13.2. The molecule has 1 fully saturated rings. The topological polar surface area (TPSA) is 38.1 Å². The van der Waals surface area contributed by atoms with Gasteiger partial charge in [-0.3, -0.25) is 14.4 Å². The zero-order valence-electron chi connectivity index (χ0n) is 10.0. The first-order valence-corrected chi connectivity index (χ1v) is 5.89. The lowest BCUT2D eigenvalue weighted by Crippen LogP contribution is -2.32. The fourth-order valence-corrected chi connectivity index (χ4v) is 2.21. The fourth-order valence-electron chi connectivity index (χ4n) is 2.21. The quantitative estimate of drug-likeness (QED) is 0.725. The molecule has 0 unspecified atom stereocenters. The molecule has 4 heteroatoms. The van der Waals surface area contributed by atoms with Crippen molar-refractivity contribution >= 4 is 6.29 Å². The Morgan fingerprint density at radius 2 is 2.19 bits per heavy atom. The van der Waals surface area contributed by atoms with Crippen LogP contribution in [0.15, 0.2) is 6.20 Å². The predicted octanol–water partition coefficient (Wildman–Crippen LogP) is 1.46. The van der Waals surface area contributed by atoms with Crippen molar-refractivity contribution in [3.8, 4) is 0 Å². The van der Waals surface area contributed by atoms with E-state index >= 15 is 0 Å². The summed E-state index contributed by atoms with van der Waals surface area (Å²) in [6.07, 6.45) is 5.19. The minimum atomic E-state index is 0.723. The Balaban J connectivity index is 2.00. The minimum Gasteiger partial charge on any atom is -0.298 e. The number of aryl methyl sites for hydroxylation is 1. The van der Waals surface area contributed by atoms with E-state index in [4.69, 9.17) is 0 Å². The average Bonchev–Trinajstić information content (AvgIpc) is 2.62. The third-order valence-corrected chi connectivity index (χ3v) is 3.31. The van der Waals surface area contributed by atoms with Crippen molar-refractivity contribution in [3.05, 3.63) is 17.5 Å². The fraction of sp³-hybridized carbons (Fsp3) is 0.667. The smallest absolute Gasteiger partial charge is 0.153 e. The molecule has 88 valence electrons. The van der Waals surface area contributed by atoms with E-state index in [0.717, 1.165) is 43.1 Å². The Kier molecular flexibility index (Phi) is 3.39. The lowest BCUT2D eigenvalue weighted by molar-refractivity contribution is 0.112. The minimum absolute atomic E-state index is 0.723. The molecule has 1 aromatic rings. The summed E-state index contributed by atoms with van der Waals surface area (Å²) >= 11 is 0. The molecule has 1 saturated heterocycles. The van der Waals surface area contributed by atoms with Crippen molar-refractivity contribution < 1.29 is 4.79 Å². The molecule has 0 aromatic carbocycles. The molecule has 0 saturated carbocycles. The first-order chi connectivity index (χ1) is 7.69. The van der Waals surface area contributed by atoms with E-state index in [9.17, 15) is 4.79 Å². The molecule has 2 heterocycles. The van der Waals surface area contributed by atoms with Gasteiger partial charge in [0.1, 0.15) is 0 Å². The van der Waals surface area contributed by atoms with Crippen LogP contribution in [0.5, 0.6) is 0 Å². The second-order valence-corrected chi connectivity index (χ2v) is 4.78. The summed E-state index contributed by atoms with van der Waals surface area (Å²) in [5, 5.41) is 4.34. The molecular formula is C12H19N3O. The van der Waals surface area contributed by atoms with Gasteiger partial charge in [0.25, 0.3) is 0 Å². The maximum atomic E-state index is 10.9. The molecule has 4 nitrogen and oxygen atoms in total. The number of hydrogen-bond acceptors (Lipinski definition) is 3. The Morgan fingerprint density at radius 1 is 1.50 bits per heavy atom. The Hall–Kier alpha value is -1.16. The molecule has 1 aliphatic heterocycles. The number of nitrogens with zero attached hydrogens (tertiary/aromatic N) is 3. The molecule has 1 aliphatic rings. The number of hydrogen-bond donors (Lipinski definition) is 0. The zero-order chi connectivity index (χ0) is 11.5. The van der Waals surface area contributed by atoms with Gasteiger partial charge in [0, 0.05) is 19.8 Å². The highest BCUT2D eigenvalue weighted by Gasteiger charge is 2.18. The molecule has 0 radical (unpaired) electrons. The SMILES string of the molecule is CC1CCN(Cc2nn(C)cc2C=O)CC1. The van der Waals surface area contributed by atoms with E-state index in [1.807, 2.05) is 7.05 Å². The highest BCUT2D eigenvalue weighted by atomic mass is 16.1. The molecule has 0 bridgehead atoms. The van der Waals surface area contributed by atoms with Gasteiger partial charge in [0.2, 0.25) is 0 Å². The lowest BCUT2D eigenvalue weighted by atomic mass is 9.99. The Morgan fingerprint density at radius 3 is 2.81 bits per heavy atom. The number of carbonyl (C=O) groups excluding carboxylic acids is 1. The Labute approximate surface area is 96.2 Å². The van der Waals surface area contributed by atoms with Crippen LogP contribution in [0.4, 0.5) is 0 Å². The molecular weight excluding hydrogens is 202 g/mol. The number of rotatable bonds is 3. The molecule has 16 heavy (non-hydrogen) atoms. The van der Waals surface area contributed by atoms with Gasteiger partial charge in [-0.05, 0) is 31.8 Å². The molecule has 0 amide bonds. The van der Waals surface area contributed by atoms with Gasteiger partial charge in [-0.1, -0.05) is 6.92 Å². The zero-order valence-corrected chi connectivity index (χ0v) is 10.0. The molecule has 0 aliphatic carbocycles. The highest BCUT2D eigenvalue weighted by molar-refractivity contribution is 5.75. The van der Waals surface area contributed by atoms with Gasteiger partial charge < -0.3 is 0 Å². The third-order valence-electron chi connectivity index (χ3n) is 3.31. The first kappa shape index (κ1) is 11.3. The maximum Gasteiger partial charge on any atom is 0.153 e. The summed E-state index contributed by atoms with van der Waals surface area (Å²) in [5.41, 5.74) is 1.63. The van der Waals surface area contributed by atoms with Crippen LogP contribution in [-0.2, 0) is 13.6 Å². The van der Waals surface area contributed by atoms with Crippen molar-refractivity contribution in [3.63, 3.8) is 0 Å². The molecule has 0 spiro atoms. The van der Waals surface area contributed by atoms with Crippen LogP contribution in [0.25, 0.3) is 0 Å². The van der Waals surface area contributed by atoms with Gasteiger partial charge in [-0.15, -0.1) is 0 Å². The highest BCUT2D eigenvalue weighted by Crippen LogP contribution is 2.18. The van der Waals surface area contributed by atoms with Gasteiger partial charge in [0.15, 0.2) is 6.29 Å². The van der Waals surface area contributed by atoms with E-state index in [2.05, 4.69) is 16.9 Å². The summed E-state index contributed by atoms with van der Waals surface area (Å²) in [6.45, 7) is 5.35. The van der Waals surface area contributed by atoms with Crippen LogP contribution in [0.2, 0.25) is 0 Å². The molecule has 0 N–H and O–H groups in total. The lowest BCUT2D eigenvalue weighted by Gasteiger charge is -2.29. The van der Waals surface area contributed by atoms with Crippen LogP contribution >= 0.6 is 0 Å². The first-order valence-electron chi connectivity index (χ1n) is 5.89. The number of aromatic nitrogens is 2. The number of carbonyl (C=O) groups is 1. The summed E-state index contributed by atoms with van der Waals surface area (Å²) in [5.74, 6) is 0.838. The third kappa shape index (κ3) is 2.50. The molecule has 2 rings (SSSR count). The van der Waals surface area contributed by atoms with E-state index in [0.29, 0.717) is 0 Å². The van der Waals surface area contributed by atoms with Crippen molar-refractivity contribution in [2.75, 3.05) is 13.1 Å². The van der Waals surface area contributed by atoms with Crippen molar-refractivity contribution in [1.29, 1.82) is 0 Å². The number of aldehydes is 1. The monoisotopic (exact) mass is 221 g/mol. The summed E-state index contributed by atoms with van der Waals surface area (Å²) < 4.78 is 1.71. The van der Waals surface area contributed by atoms with E-state index in [1.54, 1.807) is 10.9 Å².